The number of carbonyl (C=O) groups is 1. The Labute approximate surface area is 136 Å². The van der Waals surface area contributed by atoms with Crippen LogP contribution in [0.1, 0.15) is 16.2 Å². The highest BCUT2D eigenvalue weighted by Crippen LogP contribution is 2.21. The molecule has 0 bridgehead atoms. The van der Waals surface area contributed by atoms with Gasteiger partial charge in [0.2, 0.25) is 11.7 Å². The van der Waals surface area contributed by atoms with Gasteiger partial charge in [0.15, 0.2) is 0 Å². The lowest BCUT2D eigenvalue weighted by molar-refractivity contribution is -0.384. The Hall–Kier alpha value is -3.55. The smallest absolute Gasteiger partial charge is 0.270 e. The van der Waals surface area contributed by atoms with Crippen molar-refractivity contribution >= 4 is 11.6 Å². The molecule has 2 aromatic carbocycles. The second-order valence-corrected chi connectivity index (χ2v) is 4.87. The third-order valence-electron chi connectivity index (χ3n) is 3.22. The van der Waals surface area contributed by atoms with E-state index in [4.69, 9.17) is 4.52 Å². The number of nitro benzene ring substituents is 1. The predicted octanol–water partition coefficient (Wildman–Crippen LogP) is 2.57. The average Bonchev–Trinajstić information content (AvgIpc) is 3.09. The summed E-state index contributed by atoms with van der Waals surface area (Å²) in [5.41, 5.74) is 0.931. The number of nitrogens with one attached hydrogen (secondary N) is 1. The van der Waals surface area contributed by atoms with Crippen LogP contribution in [0.3, 0.4) is 0 Å². The van der Waals surface area contributed by atoms with Crippen LogP contribution >= 0.6 is 0 Å². The summed E-state index contributed by atoms with van der Waals surface area (Å²) < 4.78 is 5.06. The largest absolute Gasteiger partial charge is 0.343 e. The van der Waals surface area contributed by atoms with Crippen molar-refractivity contribution in [1.29, 1.82) is 0 Å². The molecule has 1 N–H and O–H groups in total. The monoisotopic (exact) mass is 324 g/mol. The normalized spacial score (nSPS) is 10.3. The molecule has 24 heavy (non-hydrogen) atoms. The first-order valence-electron chi connectivity index (χ1n) is 7.04. The van der Waals surface area contributed by atoms with Gasteiger partial charge in [-0.05, 0) is 12.1 Å². The molecule has 0 radical (unpaired) electrons. The summed E-state index contributed by atoms with van der Waals surface area (Å²) in [4.78, 5) is 26.4. The van der Waals surface area contributed by atoms with Gasteiger partial charge in [-0.3, -0.25) is 14.9 Å². The van der Waals surface area contributed by atoms with Crippen LogP contribution in [0, 0.1) is 10.1 Å². The number of carbonyl (C=O) groups excluding carboxylic acids is 1. The number of aromatic nitrogens is 2. The van der Waals surface area contributed by atoms with Crippen LogP contribution in [0.25, 0.3) is 11.4 Å². The molecule has 1 aromatic heterocycles. The number of amides is 1. The lowest BCUT2D eigenvalue weighted by Crippen LogP contribution is -2.22. The molecule has 3 aromatic rings. The zero-order chi connectivity index (χ0) is 16.9. The van der Waals surface area contributed by atoms with Gasteiger partial charge in [-0.1, -0.05) is 35.5 Å². The molecule has 1 heterocycles. The highest BCUT2D eigenvalue weighted by atomic mass is 16.6. The first kappa shape index (κ1) is 15.3. The van der Waals surface area contributed by atoms with Crippen molar-refractivity contribution in [2.75, 3.05) is 0 Å². The fraction of sp³-hybridized carbons (Fsp3) is 0.0625. The van der Waals surface area contributed by atoms with E-state index in [-0.39, 0.29) is 29.9 Å². The van der Waals surface area contributed by atoms with Gasteiger partial charge in [0.25, 0.3) is 11.6 Å². The van der Waals surface area contributed by atoms with Crippen molar-refractivity contribution in [3.8, 4) is 11.4 Å². The van der Waals surface area contributed by atoms with E-state index in [2.05, 4.69) is 15.5 Å². The molecule has 0 spiro atoms. The maximum atomic E-state index is 11.9. The standard InChI is InChI=1S/C16H12N4O4/c21-16(11-5-2-1-3-6-11)17-10-14-18-15(19-24-14)12-7-4-8-13(9-12)20(22)23/h1-9H,10H2,(H,17,21). The van der Waals surface area contributed by atoms with Crippen molar-refractivity contribution in [3.63, 3.8) is 0 Å². The molecular formula is C16H12N4O4. The summed E-state index contributed by atoms with van der Waals surface area (Å²) in [7, 11) is 0. The SMILES string of the molecule is O=C(NCc1nc(-c2cccc([N+](=O)[O-])c2)no1)c1ccccc1. The van der Waals surface area contributed by atoms with Gasteiger partial charge in [0, 0.05) is 23.3 Å². The van der Waals surface area contributed by atoms with E-state index < -0.39 is 4.92 Å². The van der Waals surface area contributed by atoms with Gasteiger partial charge < -0.3 is 9.84 Å². The van der Waals surface area contributed by atoms with E-state index in [1.807, 2.05) is 6.07 Å². The summed E-state index contributed by atoms with van der Waals surface area (Å²) in [5.74, 6) is 0.175. The van der Waals surface area contributed by atoms with Crippen LogP contribution in [-0.4, -0.2) is 21.0 Å². The van der Waals surface area contributed by atoms with E-state index >= 15 is 0 Å². The second kappa shape index (κ2) is 6.69. The molecule has 120 valence electrons. The van der Waals surface area contributed by atoms with Crippen molar-refractivity contribution < 1.29 is 14.2 Å². The van der Waals surface area contributed by atoms with Crippen molar-refractivity contribution in [3.05, 3.63) is 76.2 Å². The third-order valence-corrected chi connectivity index (χ3v) is 3.22. The zero-order valence-electron chi connectivity index (χ0n) is 12.4. The minimum absolute atomic E-state index is 0.0590. The molecule has 8 heteroatoms. The van der Waals surface area contributed by atoms with Crippen molar-refractivity contribution in [1.82, 2.24) is 15.5 Å². The van der Waals surface area contributed by atoms with E-state index in [0.29, 0.717) is 11.1 Å². The predicted molar refractivity (Wildman–Crippen MR) is 84.0 cm³/mol. The maximum absolute atomic E-state index is 11.9. The van der Waals surface area contributed by atoms with Crippen LogP contribution in [0.15, 0.2) is 59.1 Å². The first-order valence-corrected chi connectivity index (χ1v) is 7.04. The number of hydrogen-bond donors (Lipinski definition) is 1. The fourth-order valence-electron chi connectivity index (χ4n) is 2.05. The third kappa shape index (κ3) is 3.43. The second-order valence-electron chi connectivity index (χ2n) is 4.87. The lowest BCUT2D eigenvalue weighted by atomic mass is 10.2. The van der Waals surface area contributed by atoms with Gasteiger partial charge in [-0.2, -0.15) is 4.98 Å². The number of nitro groups is 1. The minimum atomic E-state index is -0.495. The Kier molecular flexibility index (Phi) is 4.28. The number of non-ortho nitro benzene ring substituents is 1. The van der Waals surface area contributed by atoms with E-state index in [1.54, 1.807) is 36.4 Å². The van der Waals surface area contributed by atoms with Crippen LogP contribution in [0.5, 0.6) is 0 Å². The molecule has 0 saturated carbocycles. The van der Waals surface area contributed by atoms with E-state index in [0.717, 1.165) is 0 Å². The highest BCUT2D eigenvalue weighted by Gasteiger charge is 2.13. The molecule has 0 aliphatic heterocycles. The Balaban J connectivity index is 1.69. The van der Waals surface area contributed by atoms with Crippen LogP contribution in [0.2, 0.25) is 0 Å². The molecule has 1 amide bonds. The fourth-order valence-corrected chi connectivity index (χ4v) is 2.05. The molecule has 0 unspecified atom stereocenters. The van der Waals surface area contributed by atoms with Gasteiger partial charge in [-0.15, -0.1) is 0 Å². The number of hydrogen-bond acceptors (Lipinski definition) is 6. The van der Waals surface area contributed by atoms with E-state index in [1.165, 1.54) is 12.1 Å². The number of rotatable bonds is 5. The molecule has 3 rings (SSSR count). The molecule has 0 atom stereocenters. The molecule has 8 nitrogen and oxygen atoms in total. The molecule has 0 aliphatic carbocycles. The molecular weight excluding hydrogens is 312 g/mol. The summed E-state index contributed by atoms with van der Waals surface area (Å²) in [6, 6.07) is 14.7. The Morgan fingerprint density at radius 1 is 1.17 bits per heavy atom. The zero-order valence-corrected chi connectivity index (χ0v) is 12.4. The summed E-state index contributed by atoms with van der Waals surface area (Å²) >= 11 is 0. The number of nitrogens with zero attached hydrogens (tertiary/aromatic N) is 3. The lowest BCUT2D eigenvalue weighted by Gasteiger charge is -2.01. The van der Waals surface area contributed by atoms with Crippen LogP contribution in [-0.2, 0) is 6.54 Å². The quantitative estimate of drug-likeness (QED) is 0.570. The Bertz CT molecular complexity index is 877. The van der Waals surface area contributed by atoms with Crippen LogP contribution < -0.4 is 5.32 Å². The molecule has 0 fully saturated rings. The number of benzene rings is 2. The Morgan fingerprint density at radius 3 is 2.71 bits per heavy atom. The molecule has 0 aliphatic rings. The average molecular weight is 324 g/mol. The molecule has 0 saturated heterocycles. The van der Waals surface area contributed by atoms with Gasteiger partial charge in [-0.25, -0.2) is 0 Å². The highest BCUT2D eigenvalue weighted by molar-refractivity contribution is 5.93. The summed E-state index contributed by atoms with van der Waals surface area (Å²) in [6.45, 7) is 0.0651. The summed E-state index contributed by atoms with van der Waals surface area (Å²) in [6.07, 6.45) is 0. The van der Waals surface area contributed by atoms with Crippen molar-refractivity contribution in [2.45, 2.75) is 6.54 Å². The topological polar surface area (TPSA) is 111 Å². The van der Waals surface area contributed by atoms with Gasteiger partial charge >= 0.3 is 0 Å². The minimum Gasteiger partial charge on any atom is -0.343 e. The van der Waals surface area contributed by atoms with Crippen LogP contribution in [0.4, 0.5) is 5.69 Å². The summed E-state index contributed by atoms with van der Waals surface area (Å²) in [5, 5.41) is 17.2. The Morgan fingerprint density at radius 2 is 1.96 bits per heavy atom. The van der Waals surface area contributed by atoms with Crippen molar-refractivity contribution in [2.24, 2.45) is 0 Å². The van der Waals surface area contributed by atoms with Gasteiger partial charge in [0.1, 0.15) is 0 Å². The first-order chi connectivity index (χ1) is 11.6. The maximum Gasteiger partial charge on any atom is 0.270 e. The van der Waals surface area contributed by atoms with E-state index in [9.17, 15) is 14.9 Å². The van der Waals surface area contributed by atoms with Gasteiger partial charge in [0.05, 0.1) is 11.5 Å².